The zero-order valence-electron chi connectivity index (χ0n) is 17.7. The van der Waals surface area contributed by atoms with E-state index < -0.39 is 29.7 Å². The van der Waals surface area contributed by atoms with Crippen molar-refractivity contribution in [2.75, 3.05) is 32.1 Å². The number of nitrogens with one attached hydrogen (secondary N) is 2. The first-order chi connectivity index (χ1) is 15.3. The molecule has 0 radical (unpaired) electrons. The number of hydrogen-bond acceptors (Lipinski definition) is 6. The van der Waals surface area contributed by atoms with E-state index in [9.17, 15) is 18.8 Å². The molecule has 11 heteroatoms. The Morgan fingerprint density at radius 3 is 2.88 bits per heavy atom. The van der Waals surface area contributed by atoms with Gasteiger partial charge in [0.25, 0.3) is 5.91 Å². The zero-order chi connectivity index (χ0) is 23.0. The lowest BCUT2D eigenvalue weighted by Crippen LogP contribution is -2.40. The Labute approximate surface area is 188 Å². The quantitative estimate of drug-likeness (QED) is 0.669. The second kappa shape index (κ2) is 8.87. The van der Waals surface area contributed by atoms with E-state index in [1.165, 1.54) is 21.7 Å². The lowest BCUT2D eigenvalue weighted by atomic mass is 9.97. The summed E-state index contributed by atoms with van der Waals surface area (Å²) in [5, 5.41) is 10.3. The van der Waals surface area contributed by atoms with Crippen LogP contribution in [-0.4, -0.2) is 59.2 Å². The van der Waals surface area contributed by atoms with Crippen molar-refractivity contribution < 1.29 is 23.5 Å². The van der Waals surface area contributed by atoms with E-state index in [1.807, 2.05) is 0 Å². The molecule has 0 spiro atoms. The highest BCUT2D eigenvalue weighted by Gasteiger charge is 2.40. The minimum Gasteiger partial charge on any atom is -0.466 e. The minimum atomic E-state index is -0.845. The number of carbonyl (C=O) groups is 3. The van der Waals surface area contributed by atoms with Crippen molar-refractivity contribution in [1.29, 1.82) is 0 Å². The number of hydrogen-bond donors (Lipinski definition) is 2. The van der Waals surface area contributed by atoms with Crippen molar-refractivity contribution in [2.24, 2.45) is 5.92 Å². The van der Waals surface area contributed by atoms with Crippen LogP contribution in [0, 0.1) is 11.7 Å². The molecule has 2 amide bonds. The van der Waals surface area contributed by atoms with Gasteiger partial charge in [0.05, 0.1) is 29.8 Å². The van der Waals surface area contributed by atoms with Crippen molar-refractivity contribution in [3.8, 4) is 0 Å². The molecule has 2 N–H and O–H groups in total. The fourth-order valence-corrected chi connectivity index (χ4v) is 4.27. The van der Waals surface area contributed by atoms with E-state index in [4.69, 9.17) is 16.3 Å². The number of anilines is 1. The molecule has 0 fully saturated rings. The molecule has 3 heterocycles. The summed E-state index contributed by atoms with van der Waals surface area (Å²) < 4.78 is 20.1. The molecule has 0 saturated heterocycles. The number of aromatic nitrogens is 2. The highest BCUT2D eigenvalue weighted by atomic mass is 35.5. The Morgan fingerprint density at radius 2 is 2.16 bits per heavy atom. The number of esters is 1. The van der Waals surface area contributed by atoms with E-state index >= 15 is 0 Å². The first kappa shape index (κ1) is 22.2. The molecule has 2 unspecified atom stereocenters. The second-order valence-corrected chi connectivity index (χ2v) is 8.19. The van der Waals surface area contributed by atoms with Crippen LogP contribution in [0.1, 0.15) is 34.7 Å². The summed E-state index contributed by atoms with van der Waals surface area (Å²) in [5.41, 5.74) is 1.73. The summed E-state index contributed by atoms with van der Waals surface area (Å²) in [4.78, 5) is 40.1. The second-order valence-electron chi connectivity index (χ2n) is 7.78. The average molecular weight is 464 g/mol. The predicted octanol–water partition coefficient (Wildman–Crippen LogP) is 1.77. The monoisotopic (exact) mass is 463 g/mol. The third-order valence-corrected chi connectivity index (χ3v) is 5.86. The van der Waals surface area contributed by atoms with Gasteiger partial charge in [-0.3, -0.25) is 19.1 Å². The molecule has 2 aliphatic heterocycles. The van der Waals surface area contributed by atoms with Gasteiger partial charge in [-0.05, 0) is 25.1 Å². The zero-order valence-corrected chi connectivity index (χ0v) is 18.4. The maximum Gasteiger partial charge on any atom is 0.312 e. The molecule has 1 aromatic heterocycles. The number of halogens is 2. The SMILES string of the molecule is CCOC(=O)C1CN(C)C(=O)c2c3c(nn2C1)CCNC3C(=O)Nc1ccc(F)c(Cl)c1. The van der Waals surface area contributed by atoms with Crippen LogP contribution in [0.25, 0.3) is 0 Å². The van der Waals surface area contributed by atoms with Gasteiger partial charge in [0.1, 0.15) is 17.6 Å². The smallest absolute Gasteiger partial charge is 0.312 e. The highest BCUT2D eigenvalue weighted by Crippen LogP contribution is 2.31. The third-order valence-electron chi connectivity index (χ3n) is 5.57. The van der Waals surface area contributed by atoms with Crippen molar-refractivity contribution in [2.45, 2.75) is 25.9 Å². The largest absolute Gasteiger partial charge is 0.466 e. The van der Waals surface area contributed by atoms with E-state index in [0.717, 1.165) is 6.07 Å². The summed E-state index contributed by atoms with van der Waals surface area (Å²) >= 11 is 5.81. The summed E-state index contributed by atoms with van der Waals surface area (Å²) in [6.07, 6.45) is 0.530. The minimum absolute atomic E-state index is 0.110. The molecule has 32 heavy (non-hydrogen) atoms. The first-order valence-corrected chi connectivity index (χ1v) is 10.7. The van der Waals surface area contributed by atoms with E-state index in [1.54, 1.807) is 14.0 Å². The number of nitrogens with zero attached hydrogens (tertiary/aromatic N) is 3. The standard InChI is InChI=1S/C21H23ClFN5O4/c1-3-32-21(31)11-9-27(2)20(30)18-16-15(26-28(18)10-11)6-7-24-17(16)19(29)25-12-4-5-14(23)13(22)8-12/h4-5,8,11,17,24H,3,6-7,9-10H2,1-2H3,(H,25,29). The fourth-order valence-electron chi connectivity index (χ4n) is 4.09. The first-order valence-electron chi connectivity index (χ1n) is 10.3. The Hall–Kier alpha value is -2.98. The number of rotatable bonds is 4. The van der Waals surface area contributed by atoms with Crippen LogP contribution in [-0.2, 0) is 27.3 Å². The van der Waals surface area contributed by atoms with Gasteiger partial charge in [-0.15, -0.1) is 0 Å². The Balaban J connectivity index is 1.67. The summed E-state index contributed by atoms with van der Waals surface area (Å²) in [7, 11) is 1.61. The van der Waals surface area contributed by atoms with E-state index in [-0.39, 0.29) is 36.3 Å². The predicted molar refractivity (Wildman–Crippen MR) is 114 cm³/mol. The maximum absolute atomic E-state index is 13.4. The number of ether oxygens (including phenoxy) is 1. The molecule has 170 valence electrons. The van der Waals surface area contributed by atoms with Crippen molar-refractivity contribution in [3.63, 3.8) is 0 Å². The van der Waals surface area contributed by atoms with Gasteiger partial charge in [0.2, 0.25) is 5.91 Å². The van der Waals surface area contributed by atoms with Crippen LogP contribution in [0.15, 0.2) is 18.2 Å². The molecular formula is C21H23ClFN5O4. The maximum atomic E-state index is 13.4. The number of carbonyl (C=O) groups excluding carboxylic acids is 3. The summed E-state index contributed by atoms with van der Waals surface area (Å²) in [5.74, 6) is -2.29. The highest BCUT2D eigenvalue weighted by molar-refractivity contribution is 6.31. The lowest BCUT2D eigenvalue weighted by Gasteiger charge is -2.25. The summed E-state index contributed by atoms with van der Waals surface area (Å²) in [6.45, 7) is 2.82. The molecule has 2 atom stereocenters. The molecule has 1 aromatic carbocycles. The lowest BCUT2D eigenvalue weighted by molar-refractivity contribution is -0.148. The van der Waals surface area contributed by atoms with Gasteiger partial charge in [-0.1, -0.05) is 11.6 Å². The van der Waals surface area contributed by atoms with Crippen molar-refractivity contribution in [1.82, 2.24) is 20.0 Å². The van der Waals surface area contributed by atoms with Crippen LogP contribution < -0.4 is 10.6 Å². The van der Waals surface area contributed by atoms with Crippen LogP contribution in [0.3, 0.4) is 0 Å². The van der Waals surface area contributed by atoms with Gasteiger partial charge in [0, 0.05) is 37.8 Å². The molecule has 2 aromatic rings. The van der Waals surface area contributed by atoms with Gasteiger partial charge >= 0.3 is 5.97 Å². The normalized spacial score (nSPS) is 20.2. The van der Waals surface area contributed by atoms with Crippen molar-refractivity contribution >= 4 is 35.1 Å². The van der Waals surface area contributed by atoms with Crippen LogP contribution in [0.4, 0.5) is 10.1 Å². The molecular weight excluding hydrogens is 441 g/mol. The Morgan fingerprint density at radius 1 is 1.38 bits per heavy atom. The van der Waals surface area contributed by atoms with Gasteiger partial charge in [-0.25, -0.2) is 4.39 Å². The molecule has 2 aliphatic rings. The third kappa shape index (κ3) is 4.07. The van der Waals surface area contributed by atoms with Crippen LogP contribution >= 0.6 is 11.6 Å². The number of fused-ring (bicyclic) bond motifs is 3. The van der Waals surface area contributed by atoms with Gasteiger partial charge < -0.3 is 20.3 Å². The summed E-state index contributed by atoms with van der Waals surface area (Å²) in [6, 6.07) is 3.05. The Kier molecular flexibility index (Phi) is 6.16. The molecule has 0 bridgehead atoms. The Bertz CT molecular complexity index is 1090. The fraction of sp³-hybridized carbons (Fsp3) is 0.429. The van der Waals surface area contributed by atoms with Gasteiger partial charge in [0.15, 0.2) is 0 Å². The topological polar surface area (TPSA) is 106 Å². The van der Waals surface area contributed by atoms with Crippen LogP contribution in [0.5, 0.6) is 0 Å². The van der Waals surface area contributed by atoms with Crippen molar-refractivity contribution in [3.05, 3.63) is 46.0 Å². The van der Waals surface area contributed by atoms with Gasteiger partial charge in [-0.2, -0.15) is 5.10 Å². The number of benzene rings is 1. The van der Waals surface area contributed by atoms with Crippen LogP contribution in [0.2, 0.25) is 5.02 Å². The molecule has 4 rings (SSSR count). The van der Waals surface area contributed by atoms with E-state index in [0.29, 0.717) is 29.9 Å². The molecule has 0 saturated carbocycles. The van der Waals surface area contributed by atoms with E-state index in [2.05, 4.69) is 15.7 Å². The number of amides is 2. The molecule has 0 aliphatic carbocycles. The average Bonchev–Trinajstić information content (AvgIpc) is 3.07. The molecule has 9 nitrogen and oxygen atoms in total.